The zero-order valence-electron chi connectivity index (χ0n) is 12.8. The molecule has 0 bridgehead atoms. The largest absolute Gasteiger partial charge is 0.461 e. The van der Waals surface area contributed by atoms with Crippen molar-refractivity contribution in [3.63, 3.8) is 0 Å². The van der Waals surface area contributed by atoms with Gasteiger partial charge in [-0.05, 0) is 43.2 Å². The zero-order chi connectivity index (χ0) is 17.1. The molecule has 3 rings (SSSR count). The van der Waals surface area contributed by atoms with Crippen molar-refractivity contribution in [2.24, 2.45) is 0 Å². The third kappa shape index (κ3) is 3.80. The number of carbonyl (C=O) groups excluding carboxylic acids is 1. The average Bonchev–Trinajstić information content (AvgIpc) is 3.20. The van der Waals surface area contributed by atoms with Crippen LogP contribution >= 0.6 is 23.2 Å². The summed E-state index contributed by atoms with van der Waals surface area (Å²) in [5, 5.41) is 7.78. The van der Waals surface area contributed by atoms with Crippen molar-refractivity contribution in [2.75, 3.05) is 0 Å². The van der Waals surface area contributed by atoms with Crippen LogP contribution in [0.2, 0.25) is 10.0 Å². The lowest BCUT2D eigenvalue weighted by atomic mass is 10.1. The van der Waals surface area contributed by atoms with E-state index in [-0.39, 0.29) is 17.6 Å². The molecule has 0 saturated heterocycles. The monoisotopic (exact) mass is 364 g/mol. The molecule has 124 valence electrons. The van der Waals surface area contributed by atoms with E-state index in [0.717, 1.165) is 5.56 Å². The van der Waals surface area contributed by atoms with Gasteiger partial charge in [-0.15, -0.1) is 0 Å². The normalized spacial score (nSPS) is 12.1. The summed E-state index contributed by atoms with van der Waals surface area (Å²) in [6.07, 6.45) is 2.10. The van der Waals surface area contributed by atoms with Gasteiger partial charge in [-0.3, -0.25) is 4.79 Å². The molecule has 2 heterocycles. The Morgan fingerprint density at radius 1 is 1.25 bits per heavy atom. The molecule has 5 nitrogen and oxygen atoms in total. The maximum Gasteiger partial charge on any atom is 0.273 e. The first-order valence-corrected chi connectivity index (χ1v) is 8.04. The lowest BCUT2D eigenvalue weighted by Gasteiger charge is -2.14. The van der Waals surface area contributed by atoms with Crippen LogP contribution in [0.3, 0.4) is 0 Å². The van der Waals surface area contributed by atoms with Crippen molar-refractivity contribution in [1.82, 2.24) is 10.5 Å². The first-order valence-electron chi connectivity index (χ1n) is 7.28. The molecule has 1 atom stereocenters. The number of aromatic nitrogens is 1. The summed E-state index contributed by atoms with van der Waals surface area (Å²) < 4.78 is 10.3. The van der Waals surface area contributed by atoms with Crippen LogP contribution in [-0.2, 0) is 6.42 Å². The molecule has 0 fully saturated rings. The maximum atomic E-state index is 12.2. The summed E-state index contributed by atoms with van der Waals surface area (Å²) in [5.41, 5.74) is 1.10. The Hall–Kier alpha value is -2.24. The second-order valence-corrected chi connectivity index (χ2v) is 6.21. The lowest BCUT2D eigenvalue weighted by Crippen LogP contribution is -2.34. The summed E-state index contributed by atoms with van der Waals surface area (Å²) in [4.78, 5) is 12.2. The lowest BCUT2D eigenvalue weighted by molar-refractivity contribution is 0.0931. The predicted molar refractivity (Wildman–Crippen MR) is 91.3 cm³/mol. The topological polar surface area (TPSA) is 68.3 Å². The van der Waals surface area contributed by atoms with E-state index in [4.69, 9.17) is 32.1 Å². The Balaban J connectivity index is 1.64. The molecule has 0 spiro atoms. The van der Waals surface area contributed by atoms with Crippen molar-refractivity contribution in [2.45, 2.75) is 19.4 Å². The quantitative estimate of drug-likeness (QED) is 0.717. The van der Waals surface area contributed by atoms with Gasteiger partial charge in [-0.2, -0.15) is 0 Å². The van der Waals surface area contributed by atoms with E-state index >= 15 is 0 Å². The first kappa shape index (κ1) is 16.6. The fraction of sp³-hybridized carbons (Fsp3) is 0.176. The van der Waals surface area contributed by atoms with Crippen LogP contribution in [0.1, 0.15) is 23.0 Å². The van der Waals surface area contributed by atoms with E-state index in [9.17, 15) is 4.79 Å². The molecule has 0 aliphatic carbocycles. The molecule has 2 aromatic heterocycles. The molecule has 1 amide bonds. The molecule has 0 radical (unpaired) electrons. The van der Waals surface area contributed by atoms with E-state index in [2.05, 4.69) is 10.5 Å². The zero-order valence-corrected chi connectivity index (χ0v) is 14.3. The molecule has 0 saturated carbocycles. The standard InChI is InChI=1S/C17H14Cl2N2O3/c1-10(7-11-4-5-12(18)8-13(11)19)20-17(22)14-9-16(24-21-14)15-3-2-6-23-15/h2-6,8-10H,7H2,1H3,(H,20,22). The predicted octanol–water partition coefficient (Wildman–Crippen LogP) is 4.60. The van der Waals surface area contributed by atoms with Gasteiger partial charge in [0.1, 0.15) is 0 Å². The van der Waals surface area contributed by atoms with Crippen LogP contribution in [0.25, 0.3) is 11.5 Å². The van der Waals surface area contributed by atoms with Crippen LogP contribution < -0.4 is 5.32 Å². The number of amides is 1. The van der Waals surface area contributed by atoms with Crippen molar-refractivity contribution in [3.8, 4) is 11.5 Å². The summed E-state index contributed by atoms with van der Waals surface area (Å²) in [7, 11) is 0. The van der Waals surface area contributed by atoms with E-state index in [0.29, 0.717) is 28.0 Å². The summed E-state index contributed by atoms with van der Waals surface area (Å²) in [5.74, 6) is 0.593. The number of benzene rings is 1. The molecular formula is C17H14Cl2N2O3. The average molecular weight is 365 g/mol. The SMILES string of the molecule is CC(Cc1ccc(Cl)cc1Cl)NC(=O)c1cc(-c2ccco2)on1. The molecule has 24 heavy (non-hydrogen) atoms. The minimum atomic E-state index is -0.325. The highest BCUT2D eigenvalue weighted by molar-refractivity contribution is 6.35. The van der Waals surface area contributed by atoms with Gasteiger partial charge in [-0.25, -0.2) is 0 Å². The molecule has 1 unspecified atom stereocenters. The first-order chi connectivity index (χ1) is 11.5. The van der Waals surface area contributed by atoms with Crippen LogP contribution in [0.5, 0.6) is 0 Å². The highest BCUT2D eigenvalue weighted by atomic mass is 35.5. The molecule has 1 aromatic carbocycles. The number of hydrogen-bond donors (Lipinski definition) is 1. The van der Waals surface area contributed by atoms with E-state index in [1.807, 2.05) is 13.0 Å². The Morgan fingerprint density at radius 2 is 2.08 bits per heavy atom. The number of furan rings is 1. The molecule has 1 N–H and O–H groups in total. The van der Waals surface area contributed by atoms with Gasteiger partial charge in [0.05, 0.1) is 6.26 Å². The van der Waals surface area contributed by atoms with Gasteiger partial charge < -0.3 is 14.3 Å². The van der Waals surface area contributed by atoms with Gasteiger partial charge in [0.2, 0.25) is 5.76 Å². The van der Waals surface area contributed by atoms with Crippen molar-refractivity contribution in [3.05, 3.63) is 64.0 Å². The number of nitrogens with one attached hydrogen (secondary N) is 1. The third-order valence-electron chi connectivity index (χ3n) is 3.43. The van der Waals surface area contributed by atoms with Crippen molar-refractivity contribution >= 4 is 29.1 Å². The smallest absolute Gasteiger partial charge is 0.273 e. The van der Waals surface area contributed by atoms with Crippen LogP contribution in [0, 0.1) is 0 Å². The van der Waals surface area contributed by atoms with Crippen LogP contribution in [0.4, 0.5) is 0 Å². The Labute approximate surface area is 148 Å². The van der Waals surface area contributed by atoms with Gasteiger partial charge in [0.15, 0.2) is 11.5 Å². The van der Waals surface area contributed by atoms with Crippen LogP contribution in [0.15, 0.2) is 51.6 Å². The van der Waals surface area contributed by atoms with Crippen molar-refractivity contribution < 1.29 is 13.7 Å². The number of carbonyl (C=O) groups is 1. The third-order valence-corrected chi connectivity index (χ3v) is 4.01. The molecule has 0 aliphatic rings. The molecule has 0 aliphatic heterocycles. The number of nitrogens with zero attached hydrogens (tertiary/aromatic N) is 1. The fourth-order valence-corrected chi connectivity index (χ4v) is 2.77. The molecule has 3 aromatic rings. The van der Waals surface area contributed by atoms with Gasteiger partial charge in [0, 0.05) is 22.2 Å². The number of halogens is 2. The van der Waals surface area contributed by atoms with Gasteiger partial charge in [-0.1, -0.05) is 34.4 Å². The van der Waals surface area contributed by atoms with E-state index in [1.54, 1.807) is 24.3 Å². The number of hydrogen-bond acceptors (Lipinski definition) is 4. The molecule has 7 heteroatoms. The summed E-state index contributed by atoms with van der Waals surface area (Å²) in [6, 6.07) is 10.2. The minimum absolute atomic E-state index is 0.139. The second kappa shape index (κ2) is 7.11. The second-order valence-electron chi connectivity index (χ2n) is 5.37. The van der Waals surface area contributed by atoms with Crippen LogP contribution in [-0.4, -0.2) is 17.1 Å². The van der Waals surface area contributed by atoms with Gasteiger partial charge in [0.25, 0.3) is 5.91 Å². The highest BCUT2D eigenvalue weighted by Gasteiger charge is 2.17. The minimum Gasteiger partial charge on any atom is -0.461 e. The summed E-state index contributed by atoms with van der Waals surface area (Å²) in [6.45, 7) is 1.89. The van der Waals surface area contributed by atoms with Gasteiger partial charge >= 0.3 is 0 Å². The van der Waals surface area contributed by atoms with Crippen molar-refractivity contribution in [1.29, 1.82) is 0 Å². The Bertz CT molecular complexity index is 843. The van der Waals surface area contributed by atoms with E-state index in [1.165, 1.54) is 12.3 Å². The Morgan fingerprint density at radius 3 is 2.79 bits per heavy atom. The fourth-order valence-electron chi connectivity index (χ4n) is 2.28. The van der Waals surface area contributed by atoms with E-state index < -0.39 is 0 Å². The highest BCUT2D eigenvalue weighted by Crippen LogP contribution is 2.23. The maximum absolute atomic E-state index is 12.2. The summed E-state index contributed by atoms with van der Waals surface area (Å²) >= 11 is 12.0. The molecular weight excluding hydrogens is 351 g/mol. The Kier molecular flexibility index (Phi) is 4.92. The number of rotatable bonds is 5.